The number of benzene rings is 2. The van der Waals surface area contributed by atoms with Gasteiger partial charge in [-0.05, 0) is 105 Å². The van der Waals surface area contributed by atoms with Gasteiger partial charge in [-0.1, -0.05) is 70.2 Å². The van der Waals surface area contributed by atoms with Gasteiger partial charge in [0.05, 0.1) is 5.60 Å². The van der Waals surface area contributed by atoms with Crippen molar-refractivity contribution >= 4 is 12.0 Å². The first kappa shape index (κ1) is 28.2. The van der Waals surface area contributed by atoms with E-state index in [0.717, 1.165) is 37.7 Å². The van der Waals surface area contributed by atoms with Gasteiger partial charge in [0.25, 0.3) is 0 Å². The molecule has 1 N–H and O–H groups in total. The van der Waals surface area contributed by atoms with Gasteiger partial charge in [0.1, 0.15) is 6.10 Å². The summed E-state index contributed by atoms with van der Waals surface area (Å²) in [5, 5.41) is 10.7. The van der Waals surface area contributed by atoms with Gasteiger partial charge in [0.15, 0.2) is 0 Å². The van der Waals surface area contributed by atoms with Gasteiger partial charge in [-0.3, -0.25) is 4.79 Å². The fourth-order valence-electron chi connectivity index (χ4n) is 5.88. The van der Waals surface area contributed by atoms with E-state index in [0.29, 0.717) is 19.3 Å². The molecule has 0 unspecified atom stereocenters. The van der Waals surface area contributed by atoms with Crippen molar-refractivity contribution in [1.29, 1.82) is 0 Å². The monoisotopic (exact) mass is 490 g/mol. The maximum atomic E-state index is 11.5. The van der Waals surface area contributed by atoms with Crippen LogP contribution in [0.25, 0.3) is 6.08 Å². The molecule has 1 aliphatic rings. The van der Waals surface area contributed by atoms with Crippen LogP contribution in [0.1, 0.15) is 112 Å². The Balaban J connectivity index is 1.91. The van der Waals surface area contributed by atoms with Crippen LogP contribution in [0.2, 0.25) is 0 Å². The van der Waals surface area contributed by atoms with Gasteiger partial charge in [0, 0.05) is 11.8 Å². The first-order valence-corrected chi connectivity index (χ1v) is 13.9. The number of carbonyl (C=O) groups is 1. The molecule has 0 radical (unpaired) electrons. The van der Waals surface area contributed by atoms with E-state index in [1.54, 1.807) is 0 Å². The first-order chi connectivity index (χ1) is 17.1. The summed E-state index contributed by atoms with van der Waals surface area (Å²) in [6, 6.07) is 11.6. The van der Waals surface area contributed by atoms with Crippen molar-refractivity contribution < 1.29 is 14.6 Å². The molecule has 0 saturated carbocycles. The molecular weight excluding hydrogens is 444 g/mol. The Morgan fingerprint density at radius 3 is 2.03 bits per heavy atom. The van der Waals surface area contributed by atoms with E-state index < -0.39 is 5.60 Å². The molecule has 0 aliphatic carbocycles. The van der Waals surface area contributed by atoms with Gasteiger partial charge in [0.2, 0.25) is 0 Å². The summed E-state index contributed by atoms with van der Waals surface area (Å²) in [5.41, 5.74) is 8.40. The van der Waals surface area contributed by atoms with Gasteiger partial charge in [-0.15, -0.1) is 0 Å². The first-order valence-electron chi connectivity index (χ1n) is 13.9. The SMILES string of the molecule is CCC(O)(/C=C/c1ccc(C(CC)(CC)c2cc(C)c(CC[C@@H]3CCC(=O)O3)c(C)c2)cc1C)CC. The lowest BCUT2D eigenvalue weighted by Gasteiger charge is -2.35. The minimum Gasteiger partial charge on any atom is -0.462 e. The Morgan fingerprint density at radius 2 is 1.53 bits per heavy atom. The minimum atomic E-state index is -0.738. The number of rotatable bonds is 11. The van der Waals surface area contributed by atoms with E-state index >= 15 is 0 Å². The number of carbonyl (C=O) groups excluding carboxylic acids is 1. The number of cyclic esters (lactones) is 1. The molecule has 2 aromatic rings. The van der Waals surface area contributed by atoms with Crippen LogP contribution >= 0.6 is 0 Å². The Hall–Kier alpha value is -2.39. The maximum absolute atomic E-state index is 11.5. The third-order valence-electron chi connectivity index (χ3n) is 8.76. The summed E-state index contributed by atoms with van der Waals surface area (Å²) in [6.45, 7) is 15.3. The summed E-state index contributed by atoms with van der Waals surface area (Å²) >= 11 is 0. The average Bonchev–Trinajstić information content (AvgIpc) is 3.28. The maximum Gasteiger partial charge on any atom is 0.306 e. The fraction of sp³-hybridized carbons (Fsp3) is 0.545. The molecule has 36 heavy (non-hydrogen) atoms. The molecule has 1 atom stereocenters. The fourth-order valence-corrected chi connectivity index (χ4v) is 5.88. The molecule has 3 heteroatoms. The van der Waals surface area contributed by atoms with Crippen molar-refractivity contribution in [2.75, 3.05) is 0 Å². The van der Waals surface area contributed by atoms with Crippen LogP contribution in [0.5, 0.6) is 0 Å². The average molecular weight is 491 g/mol. The van der Waals surface area contributed by atoms with Crippen LogP contribution in [0, 0.1) is 20.8 Å². The molecule has 0 aromatic heterocycles. The molecule has 1 fully saturated rings. The van der Waals surface area contributed by atoms with Crippen LogP contribution in [-0.4, -0.2) is 22.8 Å². The highest BCUT2D eigenvalue weighted by Gasteiger charge is 2.32. The topological polar surface area (TPSA) is 46.5 Å². The third-order valence-corrected chi connectivity index (χ3v) is 8.76. The Kier molecular flexibility index (Phi) is 9.22. The number of ether oxygens (including phenoxy) is 1. The zero-order valence-corrected chi connectivity index (χ0v) is 23.5. The number of aryl methyl sites for hydroxylation is 3. The predicted octanol–water partition coefficient (Wildman–Crippen LogP) is 7.92. The summed E-state index contributed by atoms with van der Waals surface area (Å²) in [4.78, 5) is 11.5. The molecule has 2 aromatic carbocycles. The Labute approximate surface area is 219 Å². The molecule has 1 aliphatic heterocycles. The van der Waals surface area contributed by atoms with Crippen LogP contribution in [0.4, 0.5) is 0 Å². The van der Waals surface area contributed by atoms with Crippen molar-refractivity contribution in [2.24, 2.45) is 0 Å². The van der Waals surface area contributed by atoms with Crippen LogP contribution in [-0.2, 0) is 21.4 Å². The molecular formula is C33H46O3. The van der Waals surface area contributed by atoms with Gasteiger partial charge in [-0.2, -0.15) is 0 Å². The highest BCUT2D eigenvalue weighted by atomic mass is 16.5. The van der Waals surface area contributed by atoms with Crippen LogP contribution in [0.15, 0.2) is 36.4 Å². The Morgan fingerprint density at radius 1 is 0.917 bits per heavy atom. The standard InChI is InChI=1S/C33H46O3/c1-8-32(35,9-2)19-18-26-12-13-27(20-23(26)5)33(10-3,11-4)28-21-24(6)30(25(7)22-28)16-14-29-15-17-31(34)36-29/h12-13,18-22,29,35H,8-11,14-17H2,1-7H3/b19-18+/t29-/m1/s1. The third kappa shape index (κ3) is 5.94. The van der Waals surface area contributed by atoms with E-state index in [-0.39, 0.29) is 17.5 Å². The molecule has 196 valence electrons. The molecule has 0 spiro atoms. The zero-order valence-electron chi connectivity index (χ0n) is 23.5. The quantitative estimate of drug-likeness (QED) is 0.325. The smallest absolute Gasteiger partial charge is 0.306 e. The largest absolute Gasteiger partial charge is 0.462 e. The van der Waals surface area contributed by atoms with E-state index in [2.05, 4.69) is 71.0 Å². The van der Waals surface area contributed by atoms with E-state index in [9.17, 15) is 9.90 Å². The number of hydrogen-bond donors (Lipinski definition) is 1. The lowest BCUT2D eigenvalue weighted by Crippen LogP contribution is -2.27. The number of esters is 1. The van der Waals surface area contributed by atoms with Crippen molar-refractivity contribution in [3.05, 3.63) is 75.4 Å². The van der Waals surface area contributed by atoms with E-state index in [1.165, 1.54) is 33.4 Å². The normalized spacial score (nSPS) is 16.7. The highest BCUT2D eigenvalue weighted by molar-refractivity contribution is 5.71. The molecule has 1 saturated heterocycles. The second kappa shape index (κ2) is 11.8. The highest BCUT2D eigenvalue weighted by Crippen LogP contribution is 2.41. The van der Waals surface area contributed by atoms with Gasteiger partial charge < -0.3 is 9.84 Å². The van der Waals surface area contributed by atoms with E-state index in [4.69, 9.17) is 4.74 Å². The van der Waals surface area contributed by atoms with Gasteiger partial charge >= 0.3 is 5.97 Å². The van der Waals surface area contributed by atoms with Crippen LogP contribution in [0.3, 0.4) is 0 Å². The van der Waals surface area contributed by atoms with Crippen molar-refractivity contribution in [1.82, 2.24) is 0 Å². The van der Waals surface area contributed by atoms with Gasteiger partial charge in [-0.25, -0.2) is 0 Å². The zero-order chi connectivity index (χ0) is 26.5. The van der Waals surface area contributed by atoms with Crippen LogP contribution < -0.4 is 0 Å². The molecule has 3 nitrogen and oxygen atoms in total. The summed E-state index contributed by atoms with van der Waals surface area (Å²) in [5.74, 6) is -0.0531. The summed E-state index contributed by atoms with van der Waals surface area (Å²) in [7, 11) is 0. The Bertz CT molecular complexity index is 1060. The molecule has 0 amide bonds. The lowest BCUT2D eigenvalue weighted by atomic mass is 9.69. The minimum absolute atomic E-state index is 0.0460. The number of aliphatic hydroxyl groups is 1. The predicted molar refractivity (Wildman–Crippen MR) is 150 cm³/mol. The molecule has 3 rings (SSSR count). The van der Waals surface area contributed by atoms with Crippen molar-refractivity contribution in [2.45, 2.75) is 117 Å². The second-order valence-corrected chi connectivity index (χ2v) is 10.8. The molecule has 0 bridgehead atoms. The summed E-state index contributed by atoms with van der Waals surface area (Å²) < 4.78 is 5.45. The summed E-state index contributed by atoms with van der Waals surface area (Å²) in [6.07, 6.45) is 10.9. The van der Waals surface area contributed by atoms with Crippen molar-refractivity contribution in [3.8, 4) is 0 Å². The van der Waals surface area contributed by atoms with Crippen molar-refractivity contribution in [3.63, 3.8) is 0 Å². The molecule has 1 heterocycles. The van der Waals surface area contributed by atoms with E-state index in [1.807, 2.05) is 19.9 Å². The lowest BCUT2D eigenvalue weighted by molar-refractivity contribution is -0.141. The number of hydrogen-bond acceptors (Lipinski definition) is 3. The second-order valence-electron chi connectivity index (χ2n) is 10.8.